The van der Waals surface area contributed by atoms with Gasteiger partial charge in [-0.25, -0.2) is 0 Å². The molecule has 0 N–H and O–H groups in total. The van der Waals surface area contributed by atoms with Crippen LogP contribution in [0.25, 0.3) is 0 Å². The maximum absolute atomic E-state index is 13.5. The Bertz CT molecular complexity index is 688. The zero-order valence-electron chi connectivity index (χ0n) is 15.7. The Morgan fingerprint density at radius 1 is 1.00 bits per heavy atom. The van der Waals surface area contributed by atoms with Gasteiger partial charge >= 0.3 is 0 Å². The number of carbonyl (C=O) groups excluding carboxylic acids is 1. The molecule has 1 aromatic carbocycles. The number of piperazine rings is 1. The molecule has 26 heavy (non-hydrogen) atoms. The first-order valence-corrected chi connectivity index (χ1v) is 10.7. The molecule has 1 saturated heterocycles. The van der Waals surface area contributed by atoms with Crippen molar-refractivity contribution in [3.05, 3.63) is 28.8 Å². The second kappa shape index (κ2) is 6.15. The van der Waals surface area contributed by atoms with Gasteiger partial charge in [-0.1, -0.05) is 17.7 Å². The highest BCUT2D eigenvalue weighted by Crippen LogP contribution is 2.60. The molecule has 0 unspecified atom stereocenters. The molecule has 4 bridgehead atoms. The fourth-order valence-corrected chi connectivity index (χ4v) is 6.97. The third kappa shape index (κ3) is 2.66. The molecule has 4 heteroatoms. The van der Waals surface area contributed by atoms with E-state index in [0.29, 0.717) is 5.91 Å². The summed E-state index contributed by atoms with van der Waals surface area (Å²) in [4.78, 5) is 18.1. The lowest BCUT2D eigenvalue weighted by Crippen LogP contribution is -2.58. The number of amides is 1. The maximum atomic E-state index is 13.5. The zero-order valence-corrected chi connectivity index (χ0v) is 16.5. The Morgan fingerprint density at radius 3 is 2.15 bits per heavy atom. The van der Waals surface area contributed by atoms with Gasteiger partial charge in [-0.15, -0.1) is 0 Å². The highest BCUT2D eigenvalue weighted by Gasteiger charge is 2.55. The summed E-state index contributed by atoms with van der Waals surface area (Å²) in [6.07, 6.45) is 7.71. The molecule has 0 aromatic heterocycles. The molecule has 6 rings (SSSR count). The summed E-state index contributed by atoms with van der Waals surface area (Å²) in [6.45, 7) is 5.63. The second-order valence-corrected chi connectivity index (χ2v) is 9.77. The van der Waals surface area contributed by atoms with Crippen molar-refractivity contribution in [2.75, 3.05) is 31.1 Å². The van der Waals surface area contributed by atoms with Crippen molar-refractivity contribution in [2.45, 2.75) is 45.4 Å². The largest absolute Gasteiger partial charge is 0.368 e. The Morgan fingerprint density at radius 2 is 1.58 bits per heavy atom. The molecule has 1 heterocycles. The molecule has 0 atom stereocenters. The van der Waals surface area contributed by atoms with Gasteiger partial charge in [0.25, 0.3) is 0 Å². The minimum absolute atomic E-state index is 0.00287. The van der Waals surface area contributed by atoms with Crippen molar-refractivity contribution in [1.82, 2.24) is 4.90 Å². The van der Waals surface area contributed by atoms with Crippen LogP contribution < -0.4 is 4.90 Å². The van der Waals surface area contributed by atoms with Gasteiger partial charge < -0.3 is 9.80 Å². The van der Waals surface area contributed by atoms with Crippen LogP contribution in [0.15, 0.2) is 18.2 Å². The van der Waals surface area contributed by atoms with Crippen LogP contribution in [-0.4, -0.2) is 37.0 Å². The van der Waals surface area contributed by atoms with Gasteiger partial charge in [0, 0.05) is 36.9 Å². The van der Waals surface area contributed by atoms with Crippen LogP contribution in [0.2, 0.25) is 5.02 Å². The number of anilines is 1. The first-order valence-electron chi connectivity index (χ1n) is 10.3. The quantitative estimate of drug-likeness (QED) is 0.762. The molecule has 4 saturated carbocycles. The predicted molar refractivity (Wildman–Crippen MR) is 106 cm³/mol. The van der Waals surface area contributed by atoms with Crippen LogP contribution >= 0.6 is 11.6 Å². The van der Waals surface area contributed by atoms with Gasteiger partial charge in [0.15, 0.2) is 0 Å². The molecule has 0 spiro atoms. The Balaban J connectivity index is 1.28. The van der Waals surface area contributed by atoms with Crippen molar-refractivity contribution in [3.63, 3.8) is 0 Å². The van der Waals surface area contributed by atoms with E-state index in [-0.39, 0.29) is 5.41 Å². The molecule has 1 amide bonds. The minimum Gasteiger partial charge on any atom is -0.368 e. The Kier molecular flexibility index (Phi) is 4.00. The van der Waals surface area contributed by atoms with Gasteiger partial charge in [-0.05, 0) is 80.9 Å². The standard InChI is InChI=1S/C22H29ClN2O/c1-15-19(23)3-2-4-20(15)24-5-7-25(8-6-24)21(26)22-12-16-9-17(13-22)11-18(10-16)14-22/h2-4,16-18H,5-14H2,1H3. The fraction of sp³-hybridized carbons (Fsp3) is 0.682. The van der Waals surface area contributed by atoms with Crippen molar-refractivity contribution in [3.8, 4) is 0 Å². The first-order chi connectivity index (χ1) is 12.5. The lowest BCUT2D eigenvalue weighted by molar-refractivity contribution is -0.158. The monoisotopic (exact) mass is 372 g/mol. The van der Waals surface area contributed by atoms with Crippen LogP contribution in [0, 0.1) is 30.1 Å². The topological polar surface area (TPSA) is 23.6 Å². The van der Waals surface area contributed by atoms with Gasteiger partial charge in [-0.2, -0.15) is 0 Å². The lowest BCUT2D eigenvalue weighted by Gasteiger charge is -2.57. The Hall–Kier alpha value is -1.22. The fourth-order valence-electron chi connectivity index (χ4n) is 6.80. The number of hydrogen-bond donors (Lipinski definition) is 0. The van der Waals surface area contributed by atoms with Crippen molar-refractivity contribution in [1.29, 1.82) is 0 Å². The van der Waals surface area contributed by atoms with Gasteiger partial charge in [0.05, 0.1) is 5.41 Å². The Labute approximate surface area is 161 Å². The van der Waals surface area contributed by atoms with E-state index in [0.717, 1.165) is 54.5 Å². The van der Waals surface area contributed by atoms with Gasteiger partial charge in [0.2, 0.25) is 5.91 Å². The van der Waals surface area contributed by atoms with E-state index in [4.69, 9.17) is 11.6 Å². The van der Waals surface area contributed by atoms with Gasteiger partial charge in [0.1, 0.15) is 0 Å². The molecule has 4 aliphatic carbocycles. The van der Waals surface area contributed by atoms with E-state index in [1.807, 2.05) is 12.1 Å². The second-order valence-electron chi connectivity index (χ2n) is 9.36. The molecule has 1 aliphatic heterocycles. The normalized spacial score (nSPS) is 35.8. The number of carbonyl (C=O) groups is 1. The third-order valence-electron chi connectivity index (χ3n) is 7.64. The number of rotatable bonds is 2. The molecule has 1 aromatic rings. The summed E-state index contributed by atoms with van der Waals surface area (Å²) in [5.41, 5.74) is 2.37. The maximum Gasteiger partial charge on any atom is 0.228 e. The minimum atomic E-state index is 0.00287. The van der Waals surface area contributed by atoms with E-state index in [2.05, 4.69) is 22.8 Å². The van der Waals surface area contributed by atoms with Crippen LogP contribution in [0.1, 0.15) is 44.1 Å². The highest BCUT2D eigenvalue weighted by atomic mass is 35.5. The van der Waals surface area contributed by atoms with Crippen molar-refractivity contribution < 1.29 is 4.79 Å². The first kappa shape index (κ1) is 16.9. The summed E-state index contributed by atoms with van der Waals surface area (Å²) < 4.78 is 0. The summed E-state index contributed by atoms with van der Waals surface area (Å²) in [5.74, 6) is 2.99. The number of hydrogen-bond acceptors (Lipinski definition) is 2. The van der Waals surface area contributed by atoms with E-state index in [9.17, 15) is 4.79 Å². The number of benzene rings is 1. The van der Waals surface area contributed by atoms with Crippen LogP contribution in [0.4, 0.5) is 5.69 Å². The van der Waals surface area contributed by atoms with Crippen LogP contribution in [0.5, 0.6) is 0 Å². The molecular formula is C22H29ClN2O. The summed E-state index contributed by atoms with van der Waals surface area (Å²) in [7, 11) is 0. The molecular weight excluding hydrogens is 344 g/mol. The smallest absolute Gasteiger partial charge is 0.228 e. The zero-order chi connectivity index (χ0) is 17.9. The highest BCUT2D eigenvalue weighted by molar-refractivity contribution is 6.31. The van der Waals surface area contributed by atoms with Crippen molar-refractivity contribution in [2.24, 2.45) is 23.2 Å². The van der Waals surface area contributed by atoms with E-state index in [1.165, 1.54) is 44.2 Å². The summed E-state index contributed by atoms with van der Waals surface area (Å²) >= 11 is 6.30. The average Bonchev–Trinajstić information content (AvgIpc) is 2.62. The third-order valence-corrected chi connectivity index (χ3v) is 8.05. The molecule has 0 radical (unpaired) electrons. The van der Waals surface area contributed by atoms with E-state index in [1.54, 1.807) is 0 Å². The molecule has 3 nitrogen and oxygen atoms in total. The molecule has 5 fully saturated rings. The number of nitrogens with zero attached hydrogens (tertiary/aromatic N) is 2. The SMILES string of the molecule is Cc1c(Cl)cccc1N1CCN(C(=O)C23CC4CC(CC(C4)C2)C3)CC1. The lowest BCUT2D eigenvalue weighted by atomic mass is 9.49. The van der Waals surface area contributed by atoms with Crippen LogP contribution in [0.3, 0.4) is 0 Å². The molecule has 5 aliphatic rings. The van der Waals surface area contributed by atoms with Crippen LogP contribution in [-0.2, 0) is 4.79 Å². The average molecular weight is 373 g/mol. The molecule has 140 valence electrons. The van der Waals surface area contributed by atoms with E-state index >= 15 is 0 Å². The van der Waals surface area contributed by atoms with E-state index < -0.39 is 0 Å². The summed E-state index contributed by atoms with van der Waals surface area (Å²) in [5, 5.41) is 0.828. The number of halogens is 1. The summed E-state index contributed by atoms with van der Waals surface area (Å²) in [6, 6.07) is 6.13. The predicted octanol–water partition coefficient (Wildman–Crippen LogP) is 4.51. The van der Waals surface area contributed by atoms with Gasteiger partial charge in [-0.3, -0.25) is 4.79 Å². The van der Waals surface area contributed by atoms with Crippen molar-refractivity contribution >= 4 is 23.2 Å².